The molecule has 1 atom stereocenters. The van der Waals surface area contributed by atoms with Crippen LogP contribution in [-0.4, -0.2) is 45.6 Å². The van der Waals surface area contributed by atoms with Gasteiger partial charge in [0, 0.05) is 4.90 Å². The number of hydrogen-bond acceptors (Lipinski definition) is 6. The lowest BCUT2D eigenvalue weighted by Crippen LogP contribution is -2.36. The van der Waals surface area contributed by atoms with Crippen molar-refractivity contribution in [1.82, 2.24) is 0 Å². The maximum atomic E-state index is 12.1. The van der Waals surface area contributed by atoms with Crippen molar-refractivity contribution in [3.05, 3.63) is 41.1 Å². The van der Waals surface area contributed by atoms with Crippen molar-refractivity contribution in [3.8, 4) is 0 Å². The van der Waals surface area contributed by atoms with Crippen molar-refractivity contribution in [2.75, 3.05) is 14.2 Å². The molecule has 0 aliphatic heterocycles. The summed E-state index contributed by atoms with van der Waals surface area (Å²) in [6, 6.07) is 8.71. The number of nitrogens with zero attached hydrogens (tertiary/aromatic N) is 1. The molecule has 0 spiro atoms. The lowest BCUT2D eigenvalue weighted by Gasteiger charge is -2.22. The Morgan fingerprint density at radius 1 is 1.08 bits per heavy atom. The summed E-state index contributed by atoms with van der Waals surface area (Å²) in [4.78, 5) is 24.5. The average Bonchev–Trinajstić information content (AvgIpc) is 2.52. The van der Waals surface area contributed by atoms with E-state index in [0.717, 1.165) is 6.21 Å². The van der Waals surface area contributed by atoms with Gasteiger partial charge in [0.2, 0.25) is 6.21 Å². The van der Waals surface area contributed by atoms with Gasteiger partial charge in [0.25, 0.3) is 0 Å². The number of esters is 2. The monoisotopic (exact) mass is 353 g/mol. The first kappa shape index (κ1) is 19.7. The van der Waals surface area contributed by atoms with E-state index in [0.29, 0.717) is 10.5 Å². The van der Waals surface area contributed by atoms with Crippen molar-refractivity contribution in [3.63, 3.8) is 0 Å². The van der Waals surface area contributed by atoms with Crippen LogP contribution in [0.3, 0.4) is 0 Å². The minimum Gasteiger partial charge on any atom is -0.468 e. The molecule has 0 aliphatic carbocycles. The Hall–Kier alpha value is -2.35. The molecule has 8 heteroatoms. The molecular weight excluding hydrogens is 330 g/mol. The highest BCUT2D eigenvalue weighted by molar-refractivity contribution is 6.69. The van der Waals surface area contributed by atoms with Crippen LogP contribution >= 0.6 is 0 Å². The Labute approximate surface area is 142 Å². The van der Waals surface area contributed by atoms with Gasteiger partial charge in [-0.1, -0.05) is 50.0 Å². The molecule has 0 saturated carbocycles. The van der Waals surface area contributed by atoms with E-state index in [1.54, 1.807) is 30.3 Å². The first-order valence-electron chi connectivity index (χ1n) is 7.40. The molecule has 132 valence electrons. The fraction of sp³-hybridized carbons (Fsp3) is 0.438. The maximum Gasteiger partial charge on any atom is 0.321 e. The quantitative estimate of drug-likeness (QED) is 0.186. The summed E-state index contributed by atoms with van der Waals surface area (Å²) in [6.07, 6.45) is 1.16. The van der Waals surface area contributed by atoms with Crippen molar-refractivity contribution in [1.29, 1.82) is 0 Å². The topological polar surface area (TPSA) is 87.9 Å². The van der Waals surface area contributed by atoms with Crippen LogP contribution in [-0.2, 0) is 23.6 Å². The highest BCUT2D eigenvalue weighted by atomic mass is 28.4. The van der Waals surface area contributed by atoms with E-state index < -0.39 is 32.1 Å². The van der Waals surface area contributed by atoms with Gasteiger partial charge in [-0.15, -0.1) is 0 Å². The largest absolute Gasteiger partial charge is 0.468 e. The van der Waals surface area contributed by atoms with E-state index in [1.807, 2.05) is 19.6 Å². The van der Waals surface area contributed by atoms with Crippen LogP contribution in [0.5, 0.6) is 0 Å². The molecular formula is C16H23NO6Si. The number of methoxy groups -OCH3 is 2. The van der Waals surface area contributed by atoms with Crippen LogP contribution < -0.4 is 0 Å². The second-order valence-electron chi connectivity index (χ2n) is 6.10. The molecule has 0 aliphatic rings. The highest BCUT2D eigenvalue weighted by Crippen LogP contribution is 2.26. The summed E-state index contributed by atoms with van der Waals surface area (Å²) < 4.78 is 14.7. The molecule has 0 heterocycles. The summed E-state index contributed by atoms with van der Waals surface area (Å²) in [5.74, 6) is -3.74. The summed E-state index contributed by atoms with van der Waals surface area (Å²) in [5, 5.41) is 12.1. The number of carbonyl (C=O) groups is 2. The van der Waals surface area contributed by atoms with E-state index >= 15 is 0 Å². The molecule has 24 heavy (non-hydrogen) atoms. The molecule has 0 fully saturated rings. The number of rotatable bonds is 7. The standard InChI is InChI=1S/C16H23NO6Si/c1-21-15(18)14(16(19)22-2)13(12-9-7-6-8-10-12)11-17(20)23-24(3,4)5/h6-11,13-14H,1-5H3/b17-11+. The van der Waals surface area contributed by atoms with Crippen LogP contribution in [0.2, 0.25) is 19.6 Å². The minimum atomic E-state index is -2.14. The van der Waals surface area contributed by atoms with Gasteiger partial charge < -0.3 is 14.0 Å². The Morgan fingerprint density at radius 3 is 2.00 bits per heavy atom. The molecule has 0 radical (unpaired) electrons. The number of carbonyl (C=O) groups excluding carboxylic acids is 2. The van der Waals surface area contributed by atoms with Crippen LogP contribution in [0, 0.1) is 11.1 Å². The van der Waals surface area contributed by atoms with E-state index in [1.165, 1.54) is 14.2 Å². The second-order valence-corrected chi connectivity index (χ2v) is 10.5. The van der Waals surface area contributed by atoms with Gasteiger partial charge in [0.1, 0.15) is 0 Å². The molecule has 0 N–H and O–H groups in total. The van der Waals surface area contributed by atoms with Crippen molar-refractivity contribution >= 4 is 26.5 Å². The fourth-order valence-electron chi connectivity index (χ4n) is 2.11. The van der Waals surface area contributed by atoms with E-state index in [9.17, 15) is 14.8 Å². The third kappa shape index (κ3) is 5.69. The predicted molar refractivity (Wildman–Crippen MR) is 90.8 cm³/mol. The van der Waals surface area contributed by atoms with E-state index in [-0.39, 0.29) is 0 Å². The average molecular weight is 353 g/mol. The Morgan fingerprint density at radius 2 is 1.58 bits per heavy atom. The third-order valence-corrected chi connectivity index (χ3v) is 3.83. The van der Waals surface area contributed by atoms with Crippen LogP contribution in [0.4, 0.5) is 0 Å². The molecule has 0 bridgehead atoms. The zero-order chi connectivity index (χ0) is 18.3. The minimum absolute atomic E-state index is 0.322. The molecule has 1 aromatic carbocycles. The number of hydrogen-bond donors (Lipinski definition) is 0. The first-order valence-corrected chi connectivity index (χ1v) is 10.8. The van der Waals surface area contributed by atoms with Gasteiger partial charge in [-0.05, 0) is 5.56 Å². The van der Waals surface area contributed by atoms with Crippen molar-refractivity contribution < 1.29 is 28.5 Å². The summed E-state index contributed by atoms with van der Waals surface area (Å²) >= 11 is 0. The molecule has 1 aromatic rings. The molecule has 7 nitrogen and oxygen atoms in total. The maximum absolute atomic E-state index is 12.1. The van der Waals surface area contributed by atoms with Crippen LogP contribution in [0.1, 0.15) is 11.5 Å². The van der Waals surface area contributed by atoms with Gasteiger partial charge >= 0.3 is 11.9 Å². The zero-order valence-corrected chi connectivity index (χ0v) is 15.5. The second kappa shape index (κ2) is 8.49. The number of ether oxygens (including phenoxy) is 2. The summed E-state index contributed by atoms with van der Waals surface area (Å²) in [7, 11) is 0.205. The zero-order valence-electron chi connectivity index (χ0n) is 14.5. The molecule has 0 saturated heterocycles. The number of benzene rings is 1. The fourth-order valence-corrected chi connectivity index (χ4v) is 2.72. The molecule has 0 amide bonds. The SMILES string of the molecule is COC(=O)C(C(=O)OC)C(/C=[N+](\[O-])O[Si](C)(C)C)c1ccccc1. The first-order chi connectivity index (χ1) is 11.2. The third-order valence-electron chi connectivity index (χ3n) is 3.10. The Kier molecular flexibility index (Phi) is 6.96. The Balaban J connectivity index is 3.34. The Bertz CT molecular complexity index is 580. The van der Waals surface area contributed by atoms with Gasteiger partial charge in [0.05, 0.1) is 20.1 Å². The van der Waals surface area contributed by atoms with Crippen LogP contribution in [0.25, 0.3) is 0 Å². The summed E-state index contributed by atoms with van der Waals surface area (Å²) in [5.41, 5.74) is 0.596. The predicted octanol–water partition coefficient (Wildman–Crippen LogP) is 2.08. The lowest BCUT2D eigenvalue weighted by atomic mass is 9.87. The van der Waals surface area contributed by atoms with Crippen molar-refractivity contribution in [2.24, 2.45) is 5.92 Å². The molecule has 0 aromatic heterocycles. The highest BCUT2D eigenvalue weighted by Gasteiger charge is 2.39. The van der Waals surface area contributed by atoms with Gasteiger partial charge in [0.15, 0.2) is 14.2 Å². The van der Waals surface area contributed by atoms with Crippen LogP contribution in [0.15, 0.2) is 30.3 Å². The molecule has 1 unspecified atom stereocenters. The van der Waals surface area contributed by atoms with Crippen molar-refractivity contribution in [2.45, 2.75) is 25.6 Å². The normalized spacial score (nSPS) is 13.3. The summed E-state index contributed by atoms with van der Waals surface area (Å²) in [6.45, 7) is 5.55. The van der Waals surface area contributed by atoms with Gasteiger partial charge in [-0.25, -0.2) is 0 Å². The van der Waals surface area contributed by atoms with E-state index in [4.69, 9.17) is 14.0 Å². The van der Waals surface area contributed by atoms with Gasteiger partial charge in [-0.3, -0.25) is 14.8 Å². The smallest absolute Gasteiger partial charge is 0.321 e. The van der Waals surface area contributed by atoms with Gasteiger partial charge in [-0.2, -0.15) is 0 Å². The molecule has 1 rings (SSSR count). The van der Waals surface area contributed by atoms with E-state index in [2.05, 4.69) is 0 Å². The lowest BCUT2D eigenvalue weighted by molar-refractivity contribution is -0.701.